The molecule has 32 heavy (non-hydrogen) atoms. The molecular weight excluding hydrogens is 400 g/mol. The third-order valence-electron chi connectivity index (χ3n) is 10.2. The van der Waals surface area contributed by atoms with Crippen molar-refractivity contribution in [2.45, 2.75) is 82.8 Å². The average molecular weight is 433 g/mol. The average Bonchev–Trinajstić information content (AvgIpc) is 3.42. The van der Waals surface area contributed by atoms with Crippen LogP contribution in [0, 0.1) is 17.3 Å². The first-order valence-electron chi connectivity index (χ1n) is 12.8. The van der Waals surface area contributed by atoms with Crippen LogP contribution in [0.4, 0.5) is 0 Å². The summed E-state index contributed by atoms with van der Waals surface area (Å²) in [6.45, 7) is 3.85. The van der Waals surface area contributed by atoms with Crippen molar-refractivity contribution in [3.63, 3.8) is 0 Å². The Kier molecular flexibility index (Phi) is 4.08. The van der Waals surface area contributed by atoms with E-state index in [1.165, 1.54) is 24.0 Å². The minimum atomic E-state index is -0.370. The van der Waals surface area contributed by atoms with Crippen LogP contribution in [0.3, 0.4) is 0 Å². The molecule has 0 radical (unpaired) electrons. The van der Waals surface area contributed by atoms with Gasteiger partial charge in [0.15, 0.2) is 17.4 Å². The zero-order chi connectivity index (χ0) is 21.7. The van der Waals surface area contributed by atoms with Crippen LogP contribution in [0.25, 0.3) is 0 Å². The quantitative estimate of drug-likeness (QED) is 0.540. The van der Waals surface area contributed by atoms with Gasteiger partial charge in [-0.3, -0.25) is 9.59 Å². The van der Waals surface area contributed by atoms with E-state index in [1.54, 1.807) is 0 Å². The zero-order valence-electron chi connectivity index (χ0n) is 19.0. The van der Waals surface area contributed by atoms with E-state index in [4.69, 9.17) is 9.47 Å². The number of Topliss-reactive ketones (excluding diaryl/α,β-unsaturated/α-hetero) is 2. The summed E-state index contributed by atoms with van der Waals surface area (Å²) in [5.41, 5.74) is 5.75. The first-order valence-corrected chi connectivity index (χ1v) is 12.8. The van der Waals surface area contributed by atoms with E-state index in [-0.39, 0.29) is 22.8 Å². The number of hydrogen-bond donors (Lipinski definition) is 0. The second-order valence-electron chi connectivity index (χ2n) is 11.3. The van der Waals surface area contributed by atoms with Gasteiger partial charge in [-0.25, -0.2) is 0 Å². The second-order valence-corrected chi connectivity index (χ2v) is 11.3. The third-order valence-corrected chi connectivity index (χ3v) is 10.2. The lowest BCUT2D eigenvalue weighted by atomic mass is 9.54. The Labute approximate surface area is 189 Å². The molecule has 2 saturated carbocycles. The van der Waals surface area contributed by atoms with Crippen molar-refractivity contribution in [2.24, 2.45) is 17.3 Å². The van der Waals surface area contributed by atoms with Gasteiger partial charge in [-0.05, 0) is 98.8 Å². The van der Waals surface area contributed by atoms with Crippen molar-refractivity contribution >= 4 is 11.6 Å². The highest BCUT2D eigenvalue weighted by Crippen LogP contribution is 2.66. The van der Waals surface area contributed by atoms with Crippen molar-refractivity contribution in [1.82, 2.24) is 0 Å². The molecule has 1 spiro atoms. The smallest absolute Gasteiger partial charge is 0.190 e. The molecule has 4 nitrogen and oxygen atoms in total. The number of benzene rings is 1. The van der Waals surface area contributed by atoms with Gasteiger partial charge in [0.2, 0.25) is 0 Å². The van der Waals surface area contributed by atoms with Crippen LogP contribution in [-0.2, 0) is 15.9 Å². The number of allylic oxidation sites excluding steroid dienone is 2. The van der Waals surface area contributed by atoms with Gasteiger partial charge in [-0.2, -0.15) is 0 Å². The summed E-state index contributed by atoms with van der Waals surface area (Å²) < 4.78 is 12.5. The molecule has 0 bridgehead atoms. The van der Waals surface area contributed by atoms with Crippen LogP contribution >= 0.6 is 0 Å². The van der Waals surface area contributed by atoms with E-state index in [1.807, 2.05) is 0 Å². The summed E-state index contributed by atoms with van der Waals surface area (Å²) in [7, 11) is 0. The summed E-state index contributed by atoms with van der Waals surface area (Å²) in [5.74, 6) is 1.60. The molecule has 4 heteroatoms. The van der Waals surface area contributed by atoms with Crippen LogP contribution in [0.1, 0.15) is 102 Å². The van der Waals surface area contributed by atoms with E-state index in [2.05, 4.69) is 19.1 Å². The van der Waals surface area contributed by atoms with E-state index in [0.29, 0.717) is 28.9 Å². The van der Waals surface area contributed by atoms with Gasteiger partial charge in [0.1, 0.15) is 0 Å². The van der Waals surface area contributed by atoms with Gasteiger partial charge in [0.05, 0.1) is 13.2 Å². The van der Waals surface area contributed by atoms with Crippen molar-refractivity contribution in [2.75, 3.05) is 13.2 Å². The van der Waals surface area contributed by atoms with E-state index < -0.39 is 0 Å². The fourth-order valence-electron chi connectivity index (χ4n) is 8.61. The maximum absolute atomic E-state index is 13.4. The normalized spacial score (nSPS) is 37.1. The number of aryl methyl sites for hydroxylation is 1. The lowest BCUT2D eigenvalue weighted by Crippen LogP contribution is -2.51. The van der Waals surface area contributed by atoms with Crippen LogP contribution in [0.2, 0.25) is 0 Å². The number of rotatable bonds is 0. The first kappa shape index (κ1) is 19.7. The molecule has 0 unspecified atom stereocenters. The highest BCUT2D eigenvalue weighted by molar-refractivity contribution is 6.27. The molecule has 168 valence electrons. The van der Waals surface area contributed by atoms with Gasteiger partial charge in [-0.1, -0.05) is 6.92 Å². The fourth-order valence-corrected chi connectivity index (χ4v) is 8.61. The number of ketones is 2. The predicted molar refractivity (Wildman–Crippen MR) is 120 cm³/mol. The number of hydrogen-bond acceptors (Lipinski definition) is 4. The topological polar surface area (TPSA) is 52.6 Å². The number of carbonyl (C=O) groups is 2. The molecule has 4 atom stereocenters. The molecule has 3 fully saturated rings. The van der Waals surface area contributed by atoms with Crippen molar-refractivity contribution < 1.29 is 19.1 Å². The summed E-state index contributed by atoms with van der Waals surface area (Å²) in [6, 6.07) is 4.25. The largest absolute Gasteiger partial charge is 0.347 e. The summed E-state index contributed by atoms with van der Waals surface area (Å²) in [5, 5.41) is 0. The maximum atomic E-state index is 13.4. The molecule has 1 aromatic carbocycles. The van der Waals surface area contributed by atoms with Crippen molar-refractivity contribution in [1.29, 1.82) is 0 Å². The summed E-state index contributed by atoms with van der Waals surface area (Å²) >= 11 is 0. The summed E-state index contributed by atoms with van der Waals surface area (Å²) in [6.07, 6.45) is 10.2. The van der Waals surface area contributed by atoms with Gasteiger partial charge in [0.25, 0.3) is 0 Å². The summed E-state index contributed by atoms with van der Waals surface area (Å²) in [4.78, 5) is 26.7. The van der Waals surface area contributed by atoms with E-state index in [0.717, 1.165) is 75.7 Å². The fraction of sp³-hybridized carbons (Fsp3) is 0.643. The molecule has 0 aromatic heterocycles. The molecule has 6 aliphatic rings. The Balaban J connectivity index is 1.27. The highest BCUT2D eigenvalue weighted by atomic mass is 16.7. The Morgan fingerprint density at radius 1 is 0.844 bits per heavy atom. The lowest BCUT2D eigenvalue weighted by molar-refractivity contribution is -0.237. The molecule has 1 aromatic rings. The molecule has 1 heterocycles. The Morgan fingerprint density at radius 2 is 1.53 bits per heavy atom. The first-order chi connectivity index (χ1) is 15.5. The molecular formula is C28H32O4. The van der Waals surface area contributed by atoms with Crippen LogP contribution in [0.5, 0.6) is 0 Å². The molecule has 0 amide bonds. The number of carbonyl (C=O) groups excluding carboxylic acids is 2. The number of fused-ring (bicyclic) bond motifs is 7. The monoisotopic (exact) mass is 432 g/mol. The van der Waals surface area contributed by atoms with Gasteiger partial charge >= 0.3 is 0 Å². The third kappa shape index (κ3) is 2.36. The Morgan fingerprint density at radius 3 is 2.25 bits per heavy atom. The SMILES string of the molecule is C[C@]12CC[C@@H]3c4cc5c(cc4CC[C@H]3[C@@H]1CCC21OCCO1)C(=O)C1=C(CCCC1)C5=O. The van der Waals surface area contributed by atoms with Gasteiger partial charge < -0.3 is 9.47 Å². The minimum absolute atomic E-state index is 0.0873. The van der Waals surface area contributed by atoms with Gasteiger partial charge in [0, 0.05) is 34.1 Å². The van der Waals surface area contributed by atoms with Crippen molar-refractivity contribution in [3.05, 3.63) is 45.5 Å². The van der Waals surface area contributed by atoms with E-state index in [9.17, 15) is 9.59 Å². The lowest BCUT2D eigenvalue weighted by Gasteiger charge is -2.52. The Hall–Kier alpha value is -1.78. The van der Waals surface area contributed by atoms with Crippen LogP contribution in [-0.4, -0.2) is 30.6 Å². The Bertz CT molecular complexity index is 1080. The molecule has 7 rings (SSSR count). The van der Waals surface area contributed by atoms with Crippen LogP contribution < -0.4 is 0 Å². The minimum Gasteiger partial charge on any atom is -0.347 e. The standard InChI is InChI=1S/C28H32O4/c1-27-10-8-17-18(24(27)9-11-28(27)31-12-13-32-28)7-6-16-14-22-23(15-21(16)17)26(30)20-5-3-2-4-19(20)25(22)29/h14-15,17-18,24H,2-13H2,1H3/t17-,18+,24-,27-/m0/s1. The van der Waals surface area contributed by atoms with Gasteiger partial charge in [-0.15, -0.1) is 0 Å². The molecule has 1 saturated heterocycles. The molecule has 5 aliphatic carbocycles. The maximum Gasteiger partial charge on any atom is 0.190 e. The number of ether oxygens (including phenoxy) is 2. The predicted octanol–water partition coefficient (Wildman–Crippen LogP) is 5.54. The van der Waals surface area contributed by atoms with Crippen molar-refractivity contribution in [3.8, 4) is 0 Å². The zero-order valence-corrected chi connectivity index (χ0v) is 19.0. The van der Waals surface area contributed by atoms with Crippen LogP contribution in [0.15, 0.2) is 23.3 Å². The molecule has 0 N–H and O–H groups in total. The second kappa shape index (κ2) is 6.64. The van der Waals surface area contributed by atoms with E-state index >= 15 is 0 Å². The molecule has 1 aliphatic heterocycles. The highest BCUT2D eigenvalue weighted by Gasteiger charge is 2.65.